The second-order valence-corrected chi connectivity index (χ2v) is 5.96. The topological polar surface area (TPSA) is 84.3 Å². The first-order chi connectivity index (χ1) is 10.2. The van der Waals surface area contributed by atoms with E-state index >= 15 is 0 Å². The van der Waals surface area contributed by atoms with Gasteiger partial charge in [-0.2, -0.15) is 0 Å². The number of nitrogens with one attached hydrogen (secondary N) is 1. The van der Waals surface area contributed by atoms with Gasteiger partial charge >= 0.3 is 5.97 Å². The highest BCUT2D eigenvalue weighted by Crippen LogP contribution is 2.49. The fourth-order valence-electron chi connectivity index (χ4n) is 3.73. The molecule has 0 aliphatic heterocycles. The number of carbonyl (C=O) groups is 1. The zero-order valence-corrected chi connectivity index (χ0v) is 12.2. The lowest BCUT2D eigenvalue weighted by atomic mass is 9.84. The summed E-state index contributed by atoms with van der Waals surface area (Å²) in [5.74, 6) is 0.924. The van der Waals surface area contributed by atoms with Gasteiger partial charge in [-0.25, -0.2) is 9.97 Å². The molecule has 1 heterocycles. The lowest BCUT2D eigenvalue weighted by molar-refractivity contribution is -0.143. The number of aliphatic carboxylic acids is 1. The van der Waals surface area contributed by atoms with Crippen LogP contribution < -0.4 is 10.1 Å². The monoisotopic (exact) mass is 291 g/mol. The fraction of sp³-hybridized carbons (Fsp3) is 0.667. The zero-order chi connectivity index (χ0) is 14.8. The summed E-state index contributed by atoms with van der Waals surface area (Å²) in [6, 6.07) is 1.72. The molecule has 2 N–H and O–H groups in total. The van der Waals surface area contributed by atoms with E-state index < -0.39 is 5.97 Å². The van der Waals surface area contributed by atoms with Crippen LogP contribution in [-0.4, -0.2) is 33.7 Å². The van der Waals surface area contributed by atoms with Crippen LogP contribution in [-0.2, 0) is 4.79 Å². The minimum absolute atomic E-state index is 0.0322. The van der Waals surface area contributed by atoms with Crippen LogP contribution in [0.3, 0.4) is 0 Å². The van der Waals surface area contributed by atoms with Gasteiger partial charge in [0.2, 0.25) is 5.88 Å². The van der Waals surface area contributed by atoms with Crippen molar-refractivity contribution in [2.45, 2.75) is 38.6 Å². The van der Waals surface area contributed by atoms with Gasteiger partial charge in [-0.05, 0) is 37.5 Å². The Morgan fingerprint density at radius 2 is 2.24 bits per heavy atom. The van der Waals surface area contributed by atoms with Crippen LogP contribution in [0.1, 0.15) is 32.6 Å². The van der Waals surface area contributed by atoms with E-state index in [9.17, 15) is 9.90 Å². The van der Waals surface area contributed by atoms with Gasteiger partial charge in [0.05, 0.1) is 12.5 Å². The van der Waals surface area contributed by atoms with E-state index in [2.05, 4.69) is 15.3 Å². The molecule has 2 bridgehead atoms. The molecule has 2 aliphatic rings. The molecular formula is C15H21N3O3. The van der Waals surface area contributed by atoms with Crippen LogP contribution in [0.5, 0.6) is 5.88 Å². The summed E-state index contributed by atoms with van der Waals surface area (Å²) in [5, 5.41) is 12.8. The largest absolute Gasteiger partial charge is 0.481 e. The van der Waals surface area contributed by atoms with E-state index in [4.69, 9.17) is 4.74 Å². The summed E-state index contributed by atoms with van der Waals surface area (Å²) < 4.78 is 5.49. The molecule has 2 aliphatic carbocycles. The fourth-order valence-corrected chi connectivity index (χ4v) is 3.73. The average Bonchev–Trinajstić information content (AvgIpc) is 3.06. The molecular weight excluding hydrogens is 270 g/mol. The first-order valence-electron chi connectivity index (χ1n) is 7.63. The molecule has 0 aromatic carbocycles. The van der Waals surface area contributed by atoms with Crippen LogP contribution in [0.4, 0.5) is 5.82 Å². The summed E-state index contributed by atoms with van der Waals surface area (Å²) in [6.07, 6.45) is 5.53. The number of rotatable bonds is 6. The first-order valence-corrected chi connectivity index (χ1v) is 7.63. The summed E-state index contributed by atoms with van der Waals surface area (Å²) in [7, 11) is 0. The van der Waals surface area contributed by atoms with Crippen molar-refractivity contribution in [3.05, 3.63) is 12.4 Å². The molecule has 4 unspecified atom stereocenters. The number of nitrogens with zero attached hydrogens (tertiary/aromatic N) is 2. The summed E-state index contributed by atoms with van der Waals surface area (Å²) >= 11 is 0. The highest BCUT2D eigenvalue weighted by atomic mass is 16.5. The van der Waals surface area contributed by atoms with Gasteiger partial charge in [-0.1, -0.05) is 6.92 Å². The Kier molecular flexibility index (Phi) is 3.94. The van der Waals surface area contributed by atoms with Gasteiger partial charge in [0.15, 0.2) is 0 Å². The predicted molar refractivity (Wildman–Crippen MR) is 77.2 cm³/mol. The Morgan fingerprint density at radius 3 is 3.00 bits per heavy atom. The standard InChI is InChI=1S/C15H21N3O3/c1-2-5-21-12-7-11(16-8-17-12)18-14-10-4-3-9(6-10)13(14)15(19)20/h7-10,13-14H,2-6H2,1H3,(H,19,20)(H,16,17,18). The second-order valence-electron chi connectivity index (χ2n) is 5.96. The van der Waals surface area contributed by atoms with Gasteiger partial charge in [0.1, 0.15) is 12.1 Å². The molecule has 3 rings (SSSR count). The van der Waals surface area contributed by atoms with Gasteiger partial charge in [0, 0.05) is 12.1 Å². The number of fused-ring (bicyclic) bond motifs is 2. The van der Waals surface area contributed by atoms with E-state index in [1.165, 1.54) is 6.33 Å². The van der Waals surface area contributed by atoms with E-state index in [1.54, 1.807) is 6.07 Å². The maximum atomic E-state index is 11.5. The Labute approximate surface area is 123 Å². The molecule has 21 heavy (non-hydrogen) atoms. The quantitative estimate of drug-likeness (QED) is 0.835. The Morgan fingerprint density at radius 1 is 1.43 bits per heavy atom. The number of ether oxygens (including phenoxy) is 1. The maximum Gasteiger partial charge on any atom is 0.308 e. The van der Waals surface area contributed by atoms with Crippen LogP contribution in [0.15, 0.2) is 12.4 Å². The molecule has 6 nitrogen and oxygen atoms in total. The highest BCUT2D eigenvalue weighted by molar-refractivity contribution is 5.73. The molecule has 2 fully saturated rings. The maximum absolute atomic E-state index is 11.5. The van der Waals surface area contributed by atoms with E-state index in [0.717, 1.165) is 25.7 Å². The van der Waals surface area contributed by atoms with Gasteiger partial charge in [0.25, 0.3) is 0 Å². The number of hydrogen-bond donors (Lipinski definition) is 2. The third-order valence-corrected chi connectivity index (χ3v) is 4.61. The van der Waals surface area contributed by atoms with Crippen molar-refractivity contribution in [3.8, 4) is 5.88 Å². The van der Waals surface area contributed by atoms with Gasteiger partial charge in [-0.15, -0.1) is 0 Å². The molecule has 4 atom stereocenters. The lowest BCUT2D eigenvalue weighted by Crippen LogP contribution is -2.39. The number of aromatic nitrogens is 2. The van der Waals surface area contributed by atoms with Crippen LogP contribution in [0, 0.1) is 17.8 Å². The Balaban J connectivity index is 1.72. The minimum atomic E-state index is -0.698. The summed E-state index contributed by atoms with van der Waals surface area (Å²) in [4.78, 5) is 19.8. The Bertz CT molecular complexity index is 523. The second kappa shape index (κ2) is 5.87. The molecule has 0 amide bonds. The molecule has 0 radical (unpaired) electrons. The van der Waals surface area contributed by atoms with Crippen LogP contribution in [0.2, 0.25) is 0 Å². The van der Waals surface area contributed by atoms with Crippen molar-refractivity contribution >= 4 is 11.8 Å². The molecule has 2 saturated carbocycles. The smallest absolute Gasteiger partial charge is 0.308 e. The normalized spacial score (nSPS) is 30.3. The third kappa shape index (κ3) is 2.80. The summed E-state index contributed by atoms with van der Waals surface area (Å²) in [5.41, 5.74) is 0. The van der Waals surface area contributed by atoms with E-state index in [0.29, 0.717) is 30.1 Å². The lowest BCUT2D eigenvalue weighted by Gasteiger charge is -2.29. The predicted octanol–water partition coefficient (Wildman–Crippen LogP) is 2.18. The van der Waals surface area contributed by atoms with Crippen molar-refractivity contribution in [1.82, 2.24) is 9.97 Å². The molecule has 0 saturated heterocycles. The van der Waals surface area contributed by atoms with Crippen molar-refractivity contribution in [3.63, 3.8) is 0 Å². The van der Waals surface area contributed by atoms with Crippen LogP contribution >= 0.6 is 0 Å². The SMILES string of the molecule is CCCOc1cc(NC2C3CCC(C3)C2C(=O)O)ncn1. The van der Waals surface area contributed by atoms with Crippen molar-refractivity contribution in [1.29, 1.82) is 0 Å². The number of carboxylic acids is 1. The van der Waals surface area contributed by atoms with Crippen molar-refractivity contribution < 1.29 is 14.6 Å². The third-order valence-electron chi connectivity index (χ3n) is 4.61. The zero-order valence-electron chi connectivity index (χ0n) is 12.2. The minimum Gasteiger partial charge on any atom is -0.481 e. The average molecular weight is 291 g/mol. The van der Waals surface area contributed by atoms with Gasteiger partial charge < -0.3 is 15.2 Å². The van der Waals surface area contributed by atoms with Crippen molar-refractivity contribution in [2.75, 3.05) is 11.9 Å². The van der Waals surface area contributed by atoms with Crippen molar-refractivity contribution in [2.24, 2.45) is 17.8 Å². The molecule has 1 aromatic rings. The molecule has 0 spiro atoms. The summed E-state index contributed by atoms with van der Waals surface area (Å²) in [6.45, 7) is 2.65. The van der Waals surface area contributed by atoms with E-state index in [1.807, 2.05) is 6.92 Å². The van der Waals surface area contributed by atoms with Crippen LogP contribution in [0.25, 0.3) is 0 Å². The number of carboxylic acid groups (broad SMARTS) is 1. The molecule has 6 heteroatoms. The molecule has 114 valence electrons. The number of hydrogen-bond acceptors (Lipinski definition) is 5. The van der Waals surface area contributed by atoms with E-state index in [-0.39, 0.29) is 12.0 Å². The Hall–Kier alpha value is -1.85. The number of anilines is 1. The highest BCUT2D eigenvalue weighted by Gasteiger charge is 2.51. The first kappa shape index (κ1) is 14.1. The van der Waals surface area contributed by atoms with Gasteiger partial charge in [-0.3, -0.25) is 4.79 Å². The molecule has 1 aromatic heterocycles.